The molecule has 0 radical (unpaired) electrons. The van der Waals surface area contributed by atoms with Crippen LogP contribution in [-0.4, -0.2) is 10.5 Å². The number of benzene rings is 1. The Hall–Kier alpha value is -2.07. The van der Waals surface area contributed by atoms with E-state index in [1.54, 1.807) is 0 Å². The molecule has 0 atom stereocenters. The first-order chi connectivity index (χ1) is 8.69. The number of amides is 1. The van der Waals surface area contributed by atoms with E-state index in [-0.39, 0.29) is 12.5 Å². The third kappa shape index (κ3) is 2.99. The van der Waals surface area contributed by atoms with Gasteiger partial charge in [-0.25, -0.2) is 0 Å². The van der Waals surface area contributed by atoms with Gasteiger partial charge in [0.1, 0.15) is 6.54 Å². The fourth-order valence-electron chi connectivity index (χ4n) is 1.78. The van der Waals surface area contributed by atoms with E-state index in [2.05, 4.69) is 5.32 Å². The quantitative estimate of drug-likeness (QED) is 0.861. The molecule has 0 unspecified atom stereocenters. The van der Waals surface area contributed by atoms with Crippen LogP contribution in [0.5, 0.6) is 0 Å². The molecule has 0 bridgehead atoms. The van der Waals surface area contributed by atoms with Gasteiger partial charge >= 0.3 is 0 Å². The number of carbonyl (C=O) groups excluding carboxylic acids is 1. The number of nitrogens with two attached hydrogens (primary N) is 1. The number of anilines is 1. The smallest absolute Gasteiger partial charge is 0.244 e. The number of aromatic nitrogens is 1. The molecule has 0 aliphatic rings. The van der Waals surface area contributed by atoms with Crippen LogP contribution in [-0.2, 0) is 17.9 Å². The first-order valence-corrected chi connectivity index (χ1v) is 5.89. The third-order valence-corrected chi connectivity index (χ3v) is 2.78. The summed E-state index contributed by atoms with van der Waals surface area (Å²) < 4.78 is 1.85. The van der Waals surface area contributed by atoms with Gasteiger partial charge in [0.05, 0.1) is 0 Å². The largest absolute Gasteiger partial charge is 0.341 e. The minimum atomic E-state index is -0.0512. The number of nitrogens with zero attached hydrogens (tertiary/aromatic N) is 1. The normalized spacial score (nSPS) is 10.3. The van der Waals surface area contributed by atoms with Gasteiger partial charge in [0.2, 0.25) is 5.91 Å². The lowest BCUT2D eigenvalue weighted by atomic mass is 10.2. The van der Waals surface area contributed by atoms with Crippen molar-refractivity contribution in [1.29, 1.82) is 0 Å². The summed E-state index contributed by atoms with van der Waals surface area (Å²) >= 11 is 0. The van der Waals surface area contributed by atoms with Crippen LogP contribution in [0.25, 0.3) is 0 Å². The fourth-order valence-corrected chi connectivity index (χ4v) is 1.78. The Balaban J connectivity index is 1.99. The molecule has 3 N–H and O–H groups in total. The van der Waals surface area contributed by atoms with Gasteiger partial charge < -0.3 is 15.6 Å². The molecule has 2 rings (SSSR count). The second-order valence-electron chi connectivity index (χ2n) is 4.25. The van der Waals surface area contributed by atoms with E-state index < -0.39 is 0 Å². The van der Waals surface area contributed by atoms with Gasteiger partial charge in [0.15, 0.2) is 0 Å². The Labute approximate surface area is 106 Å². The average Bonchev–Trinajstić information content (AvgIpc) is 2.79. The highest BCUT2D eigenvalue weighted by Crippen LogP contribution is 2.09. The Morgan fingerprint density at radius 1 is 1.28 bits per heavy atom. The molecule has 1 amide bonds. The van der Waals surface area contributed by atoms with Crippen molar-refractivity contribution >= 4 is 11.6 Å². The summed E-state index contributed by atoms with van der Waals surface area (Å²) in [5.74, 6) is -0.0512. The molecule has 1 heterocycles. The summed E-state index contributed by atoms with van der Waals surface area (Å²) in [7, 11) is 0. The van der Waals surface area contributed by atoms with Crippen LogP contribution in [0.15, 0.2) is 42.6 Å². The van der Waals surface area contributed by atoms with Crippen molar-refractivity contribution in [2.45, 2.75) is 20.0 Å². The van der Waals surface area contributed by atoms with Gasteiger partial charge in [-0.05, 0) is 31.2 Å². The van der Waals surface area contributed by atoms with Crippen molar-refractivity contribution in [3.05, 3.63) is 53.9 Å². The molecular weight excluding hydrogens is 226 g/mol. The van der Waals surface area contributed by atoms with Gasteiger partial charge in [0.25, 0.3) is 0 Å². The molecular formula is C14H17N3O. The van der Waals surface area contributed by atoms with Gasteiger partial charge in [-0.2, -0.15) is 0 Å². The summed E-state index contributed by atoms with van der Waals surface area (Å²) in [4.78, 5) is 11.9. The Morgan fingerprint density at radius 3 is 2.67 bits per heavy atom. The van der Waals surface area contributed by atoms with E-state index in [0.29, 0.717) is 6.54 Å². The molecule has 0 aliphatic heterocycles. The van der Waals surface area contributed by atoms with Crippen LogP contribution < -0.4 is 11.1 Å². The minimum absolute atomic E-state index is 0.0512. The minimum Gasteiger partial charge on any atom is -0.341 e. The highest BCUT2D eigenvalue weighted by molar-refractivity contribution is 5.90. The predicted octanol–water partition coefficient (Wildman–Crippen LogP) is 1.89. The summed E-state index contributed by atoms with van der Waals surface area (Å²) in [6.07, 6.45) is 1.86. The Bertz CT molecular complexity index is 528. The summed E-state index contributed by atoms with van der Waals surface area (Å²) in [5.41, 5.74) is 8.52. The lowest BCUT2D eigenvalue weighted by Gasteiger charge is -2.09. The molecule has 4 nitrogen and oxygen atoms in total. The van der Waals surface area contributed by atoms with Gasteiger partial charge in [-0.3, -0.25) is 4.79 Å². The maximum absolute atomic E-state index is 11.9. The maximum Gasteiger partial charge on any atom is 0.244 e. The summed E-state index contributed by atoms with van der Waals surface area (Å²) in [6.45, 7) is 2.73. The van der Waals surface area contributed by atoms with Crippen molar-refractivity contribution in [2.75, 3.05) is 5.32 Å². The van der Waals surface area contributed by atoms with Crippen LogP contribution in [0, 0.1) is 6.92 Å². The Morgan fingerprint density at radius 2 is 2.00 bits per heavy atom. The van der Waals surface area contributed by atoms with E-state index in [1.807, 2.05) is 54.1 Å². The van der Waals surface area contributed by atoms with Crippen molar-refractivity contribution in [3.63, 3.8) is 0 Å². The number of aryl methyl sites for hydroxylation is 1. The zero-order valence-electron chi connectivity index (χ0n) is 10.4. The van der Waals surface area contributed by atoms with E-state index in [1.165, 1.54) is 5.56 Å². The van der Waals surface area contributed by atoms with Crippen LogP contribution in [0.2, 0.25) is 0 Å². The molecule has 0 aliphatic carbocycles. The number of hydrogen-bond acceptors (Lipinski definition) is 2. The molecule has 1 aromatic heterocycles. The summed E-state index contributed by atoms with van der Waals surface area (Å²) in [5, 5.41) is 2.86. The molecule has 1 aromatic carbocycles. The molecule has 94 valence electrons. The summed E-state index contributed by atoms with van der Waals surface area (Å²) in [6, 6.07) is 11.5. The predicted molar refractivity (Wildman–Crippen MR) is 72.1 cm³/mol. The van der Waals surface area contributed by atoms with Crippen LogP contribution in [0.3, 0.4) is 0 Å². The standard InChI is InChI=1S/C14H17N3O/c1-11-4-6-12(7-5-11)16-14(18)10-17-8-2-3-13(17)9-15/h2-8H,9-10,15H2,1H3,(H,16,18). The molecule has 4 heteroatoms. The van der Waals surface area contributed by atoms with Crippen LogP contribution >= 0.6 is 0 Å². The fraction of sp³-hybridized carbons (Fsp3) is 0.214. The first kappa shape index (κ1) is 12.4. The molecule has 0 spiro atoms. The number of hydrogen-bond donors (Lipinski definition) is 2. The van der Waals surface area contributed by atoms with Crippen LogP contribution in [0.4, 0.5) is 5.69 Å². The van der Waals surface area contributed by atoms with Gasteiger partial charge in [-0.1, -0.05) is 17.7 Å². The number of rotatable bonds is 4. The highest BCUT2D eigenvalue weighted by atomic mass is 16.1. The second kappa shape index (κ2) is 5.51. The van der Waals surface area contributed by atoms with Crippen molar-refractivity contribution in [1.82, 2.24) is 4.57 Å². The maximum atomic E-state index is 11.9. The van der Waals surface area contributed by atoms with Gasteiger partial charge in [-0.15, -0.1) is 0 Å². The first-order valence-electron chi connectivity index (χ1n) is 5.89. The second-order valence-corrected chi connectivity index (χ2v) is 4.25. The van der Waals surface area contributed by atoms with E-state index in [4.69, 9.17) is 5.73 Å². The monoisotopic (exact) mass is 243 g/mol. The zero-order chi connectivity index (χ0) is 13.0. The topological polar surface area (TPSA) is 60.0 Å². The zero-order valence-corrected chi connectivity index (χ0v) is 10.4. The molecule has 0 saturated carbocycles. The van der Waals surface area contributed by atoms with Crippen LogP contribution in [0.1, 0.15) is 11.3 Å². The molecule has 2 aromatic rings. The molecule has 0 fully saturated rings. The lowest BCUT2D eigenvalue weighted by Crippen LogP contribution is -2.20. The molecule has 18 heavy (non-hydrogen) atoms. The third-order valence-electron chi connectivity index (χ3n) is 2.78. The molecule has 0 saturated heterocycles. The lowest BCUT2D eigenvalue weighted by molar-refractivity contribution is -0.116. The highest BCUT2D eigenvalue weighted by Gasteiger charge is 2.05. The van der Waals surface area contributed by atoms with Crippen molar-refractivity contribution in [3.8, 4) is 0 Å². The SMILES string of the molecule is Cc1ccc(NC(=O)Cn2cccc2CN)cc1. The van der Waals surface area contributed by atoms with Crippen molar-refractivity contribution in [2.24, 2.45) is 5.73 Å². The van der Waals surface area contributed by atoms with E-state index >= 15 is 0 Å². The number of nitrogens with one attached hydrogen (secondary N) is 1. The Kier molecular flexibility index (Phi) is 3.79. The van der Waals surface area contributed by atoms with Crippen molar-refractivity contribution < 1.29 is 4.79 Å². The van der Waals surface area contributed by atoms with Gasteiger partial charge in [0, 0.05) is 24.1 Å². The average molecular weight is 243 g/mol. The number of carbonyl (C=O) groups is 1. The van der Waals surface area contributed by atoms with E-state index in [0.717, 1.165) is 11.4 Å². The van der Waals surface area contributed by atoms with E-state index in [9.17, 15) is 4.79 Å².